The van der Waals surface area contributed by atoms with Crippen LogP contribution in [0.3, 0.4) is 0 Å². The fourth-order valence-corrected chi connectivity index (χ4v) is 3.82. The smallest absolute Gasteiger partial charge is 0.208 e. The topological polar surface area (TPSA) is 105 Å². The lowest BCUT2D eigenvalue weighted by molar-refractivity contribution is -0.165. The predicted octanol–water partition coefficient (Wildman–Crippen LogP) is 3.44. The van der Waals surface area contributed by atoms with Gasteiger partial charge in [0.2, 0.25) is 5.60 Å². The van der Waals surface area contributed by atoms with Gasteiger partial charge in [0.05, 0.1) is 23.1 Å². The van der Waals surface area contributed by atoms with Crippen LogP contribution < -0.4 is 11.1 Å². The Kier molecular flexibility index (Phi) is 3.66. The Balaban J connectivity index is 1.68. The van der Waals surface area contributed by atoms with Gasteiger partial charge in [-0.1, -0.05) is 36.4 Å². The number of benzene rings is 3. The number of nitrogens with two attached hydrogens (primary N) is 1. The zero-order valence-electron chi connectivity index (χ0n) is 15.3. The van der Waals surface area contributed by atoms with E-state index in [1.807, 2.05) is 48.5 Å². The van der Waals surface area contributed by atoms with Gasteiger partial charge in [-0.2, -0.15) is 0 Å². The number of nitrogen functional groups attached to an aromatic ring is 1. The van der Waals surface area contributed by atoms with Crippen molar-refractivity contribution in [2.45, 2.75) is 12.0 Å². The molecule has 142 valence electrons. The number of para-hydroxylation sites is 2. The highest BCUT2D eigenvalue weighted by molar-refractivity contribution is 6.27. The standard InChI is InChI=1S/C23H17N3O3/c24-14-9-13(23(29)20(27)12-21(23)28)10-15(11-14)25-22-16-5-1-3-7-18(16)26-19-8-4-2-6-17(19)22/h1-11,29H,12,24H2,(H,25,26). The number of hydrogen-bond donors (Lipinski definition) is 3. The second-order valence-corrected chi connectivity index (χ2v) is 7.22. The zero-order chi connectivity index (χ0) is 20.2. The van der Waals surface area contributed by atoms with Crippen molar-refractivity contribution in [3.63, 3.8) is 0 Å². The molecule has 1 aliphatic carbocycles. The molecule has 0 atom stereocenters. The van der Waals surface area contributed by atoms with Crippen LogP contribution >= 0.6 is 0 Å². The molecule has 0 spiro atoms. The highest BCUT2D eigenvalue weighted by Crippen LogP contribution is 2.38. The van der Waals surface area contributed by atoms with Crippen molar-refractivity contribution < 1.29 is 14.7 Å². The van der Waals surface area contributed by atoms with E-state index in [-0.39, 0.29) is 12.0 Å². The number of ketones is 2. The SMILES string of the molecule is Nc1cc(Nc2c3ccccc3nc3ccccc23)cc(C2(O)C(=O)CC2=O)c1. The summed E-state index contributed by atoms with van der Waals surface area (Å²) < 4.78 is 0. The Labute approximate surface area is 166 Å². The molecule has 1 heterocycles. The van der Waals surface area contributed by atoms with Gasteiger partial charge in [0.1, 0.15) is 0 Å². The van der Waals surface area contributed by atoms with E-state index in [1.54, 1.807) is 12.1 Å². The number of rotatable bonds is 3. The van der Waals surface area contributed by atoms with Gasteiger partial charge in [-0.3, -0.25) is 9.59 Å². The summed E-state index contributed by atoms with van der Waals surface area (Å²) in [6, 6.07) is 20.3. The molecule has 1 aromatic heterocycles. The molecule has 4 aromatic rings. The summed E-state index contributed by atoms with van der Waals surface area (Å²) in [7, 11) is 0. The van der Waals surface area contributed by atoms with Gasteiger partial charge in [0.25, 0.3) is 0 Å². The van der Waals surface area contributed by atoms with Gasteiger partial charge in [0.15, 0.2) is 11.6 Å². The summed E-state index contributed by atoms with van der Waals surface area (Å²) in [5.41, 5.74) is 7.52. The lowest BCUT2D eigenvalue weighted by atomic mass is 9.72. The molecule has 0 amide bonds. The van der Waals surface area contributed by atoms with Crippen LogP contribution in [0.15, 0.2) is 66.7 Å². The molecule has 29 heavy (non-hydrogen) atoms. The second kappa shape index (κ2) is 6.12. The predicted molar refractivity (Wildman–Crippen MR) is 112 cm³/mol. The molecule has 1 aliphatic rings. The first-order valence-electron chi connectivity index (χ1n) is 9.21. The number of nitrogens with one attached hydrogen (secondary N) is 1. The Morgan fingerprint density at radius 2 is 1.48 bits per heavy atom. The van der Waals surface area contributed by atoms with Crippen LogP contribution in [0.5, 0.6) is 0 Å². The van der Waals surface area contributed by atoms with Gasteiger partial charge < -0.3 is 16.2 Å². The number of pyridine rings is 1. The lowest BCUT2D eigenvalue weighted by Gasteiger charge is -2.33. The van der Waals surface area contributed by atoms with E-state index < -0.39 is 17.2 Å². The Morgan fingerprint density at radius 3 is 2.07 bits per heavy atom. The van der Waals surface area contributed by atoms with Crippen LogP contribution in [0.1, 0.15) is 12.0 Å². The maximum atomic E-state index is 12.0. The minimum Gasteiger partial charge on any atom is -0.399 e. The van der Waals surface area contributed by atoms with Crippen LogP contribution in [0, 0.1) is 0 Å². The maximum absolute atomic E-state index is 12.0. The van der Waals surface area contributed by atoms with E-state index in [1.165, 1.54) is 6.07 Å². The number of hydrogen-bond acceptors (Lipinski definition) is 6. The van der Waals surface area contributed by atoms with Gasteiger partial charge in [-0.25, -0.2) is 4.98 Å². The van der Waals surface area contributed by atoms with Gasteiger partial charge in [0, 0.05) is 27.7 Å². The summed E-state index contributed by atoms with van der Waals surface area (Å²) in [6.07, 6.45) is -0.256. The summed E-state index contributed by atoms with van der Waals surface area (Å²) in [4.78, 5) is 28.6. The average molecular weight is 383 g/mol. The van der Waals surface area contributed by atoms with Crippen molar-refractivity contribution in [3.05, 3.63) is 72.3 Å². The molecule has 0 unspecified atom stereocenters. The largest absolute Gasteiger partial charge is 0.399 e. The second-order valence-electron chi connectivity index (χ2n) is 7.22. The van der Waals surface area contributed by atoms with Crippen LogP contribution in [-0.2, 0) is 15.2 Å². The molecule has 5 rings (SSSR count). The van der Waals surface area contributed by atoms with Crippen molar-refractivity contribution in [1.82, 2.24) is 4.98 Å². The minimum absolute atomic E-state index is 0.184. The monoisotopic (exact) mass is 383 g/mol. The van der Waals surface area contributed by atoms with Crippen molar-refractivity contribution in [2.24, 2.45) is 0 Å². The number of carbonyl (C=O) groups is 2. The van der Waals surface area contributed by atoms with Crippen molar-refractivity contribution in [2.75, 3.05) is 11.1 Å². The Morgan fingerprint density at radius 1 is 0.897 bits per heavy atom. The van der Waals surface area contributed by atoms with E-state index in [0.29, 0.717) is 11.4 Å². The van der Waals surface area contributed by atoms with E-state index in [9.17, 15) is 14.7 Å². The van der Waals surface area contributed by atoms with E-state index >= 15 is 0 Å². The molecule has 0 radical (unpaired) electrons. The fourth-order valence-electron chi connectivity index (χ4n) is 3.82. The molecule has 1 fully saturated rings. The molecule has 1 saturated carbocycles. The number of carbonyl (C=O) groups excluding carboxylic acids is 2. The Bertz CT molecular complexity index is 1260. The van der Waals surface area contributed by atoms with Crippen molar-refractivity contribution in [3.8, 4) is 0 Å². The average Bonchev–Trinajstić information content (AvgIpc) is 2.72. The van der Waals surface area contributed by atoms with Gasteiger partial charge >= 0.3 is 0 Å². The zero-order valence-corrected chi connectivity index (χ0v) is 15.3. The molecular weight excluding hydrogens is 366 g/mol. The summed E-state index contributed by atoms with van der Waals surface area (Å²) >= 11 is 0. The third-order valence-electron chi connectivity index (χ3n) is 5.36. The first-order chi connectivity index (χ1) is 14.0. The lowest BCUT2D eigenvalue weighted by Crippen LogP contribution is -2.54. The number of fused-ring (bicyclic) bond motifs is 2. The van der Waals surface area contributed by atoms with Crippen LogP contribution in [0.2, 0.25) is 0 Å². The number of Topliss-reactive ketones (excluding diaryl/α,β-unsaturated/α-hetero) is 2. The Hall–Kier alpha value is -3.77. The van der Waals surface area contributed by atoms with Crippen molar-refractivity contribution >= 4 is 50.4 Å². The molecule has 4 N–H and O–H groups in total. The first kappa shape index (κ1) is 17.3. The number of aromatic nitrogens is 1. The van der Waals surface area contributed by atoms with Crippen LogP contribution in [0.4, 0.5) is 17.1 Å². The van der Waals surface area contributed by atoms with Crippen LogP contribution in [0.25, 0.3) is 21.8 Å². The maximum Gasteiger partial charge on any atom is 0.208 e. The number of aliphatic hydroxyl groups is 1. The normalized spacial score (nSPS) is 15.5. The van der Waals surface area contributed by atoms with E-state index in [0.717, 1.165) is 27.5 Å². The molecule has 6 nitrogen and oxygen atoms in total. The molecule has 3 aromatic carbocycles. The molecule has 0 bridgehead atoms. The number of anilines is 3. The summed E-state index contributed by atoms with van der Waals surface area (Å²) in [6.45, 7) is 0. The quantitative estimate of drug-likeness (QED) is 0.284. The first-order valence-corrected chi connectivity index (χ1v) is 9.21. The highest BCUT2D eigenvalue weighted by Gasteiger charge is 2.54. The fraction of sp³-hybridized carbons (Fsp3) is 0.0870. The molecule has 6 heteroatoms. The minimum atomic E-state index is -2.10. The molecule has 0 saturated heterocycles. The third-order valence-corrected chi connectivity index (χ3v) is 5.36. The van der Waals surface area contributed by atoms with Gasteiger partial charge in [-0.15, -0.1) is 0 Å². The third kappa shape index (κ3) is 2.57. The summed E-state index contributed by atoms with van der Waals surface area (Å²) in [5, 5.41) is 15.8. The van der Waals surface area contributed by atoms with Crippen LogP contribution in [-0.4, -0.2) is 21.7 Å². The van der Waals surface area contributed by atoms with Gasteiger partial charge in [-0.05, 0) is 30.3 Å². The molecule has 0 aliphatic heterocycles. The van der Waals surface area contributed by atoms with Crippen molar-refractivity contribution in [1.29, 1.82) is 0 Å². The molecular formula is C23H17N3O3. The van der Waals surface area contributed by atoms with E-state index in [2.05, 4.69) is 5.32 Å². The highest BCUT2D eigenvalue weighted by atomic mass is 16.3. The van der Waals surface area contributed by atoms with E-state index in [4.69, 9.17) is 10.7 Å². The summed E-state index contributed by atoms with van der Waals surface area (Å²) in [5.74, 6) is -1.03. The number of nitrogens with zero attached hydrogens (tertiary/aromatic N) is 1.